The van der Waals surface area contributed by atoms with Crippen LogP contribution in [0.3, 0.4) is 0 Å². The van der Waals surface area contributed by atoms with Crippen LogP contribution < -0.4 is 19.8 Å². The minimum Gasteiger partial charge on any atom is -0.492 e. The average Bonchev–Trinajstić information content (AvgIpc) is 3.66. The van der Waals surface area contributed by atoms with Crippen molar-refractivity contribution in [3.63, 3.8) is 0 Å². The lowest BCUT2D eigenvalue weighted by Gasteiger charge is -2.48. The summed E-state index contributed by atoms with van der Waals surface area (Å²) < 4.78 is 44.9. The van der Waals surface area contributed by atoms with Crippen molar-refractivity contribution in [1.29, 1.82) is 0 Å². The highest BCUT2D eigenvalue weighted by molar-refractivity contribution is 6.99. The number of fused-ring (bicyclic) bond motifs is 1. The summed E-state index contributed by atoms with van der Waals surface area (Å²) >= 11 is 0. The number of aryl methyl sites for hydroxylation is 1. The molecule has 1 N–H and O–H groups in total. The number of furan rings is 1. The van der Waals surface area contributed by atoms with Gasteiger partial charge < -0.3 is 37.6 Å². The van der Waals surface area contributed by atoms with Crippen molar-refractivity contribution in [2.24, 2.45) is 23.7 Å². The van der Waals surface area contributed by atoms with Crippen molar-refractivity contribution in [1.82, 2.24) is 0 Å². The average molecular weight is 829 g/mol. The Kier molecular flexibility index (Phi) is 15.4. The number of ether oxygens (including phenoxy) is 5. The van der Waals surface area contributed by atoms with Crippen LogP contribution >= 0.6 is 0 Å². The number of rotatable bonds is 19. The molecule has 4 aromatic rings. The molecule has 0 radical (unpaired) electrons. The van der Waals surface area contributed by atoms with E-state index in [1.807, 2.05) is 33.8 Å². The Balaban J connectivity index is 1.48. The fraction of sp³-hybridized carbons (Fsp3) is 0.560. The van der Waals surface area contributed by atoms with Crippen molar-refractivity contribution in [3.05, 3.63) is 96.3 Å². The summed E-state index contributed by atoms with van der Waals surface area (Å²) in [5.41, 5.74) is 2.07. The molecule has 0 bridgehead atoms. The molecule has 0 saturated carbocycles. The number of hydrogen-bond donors (Lipinski definition) is 1. The minimum atomic E-state index is -2.69. The number of allylic oxidation sites excluding steroid dienone is 1. The van der Waals surface area contributed by atoms with Gasteiger partial charge in [-0.2, -0.15) is 0 Å². The van der Waals surface area contributed by atoms with E-state index in [0.717, 1.165) is 36.0 Å². The normalized spacial score (nSPS) is 21.1. The highest BCUT2D eigenvalue weighted by Gasteiger charge is 2.50. The van der Waals surface area contributed by atoms with E-state index < -0.39 is 20.2 Å². The van der Waals surface area contributed by atoms with Gasteiger partial charge in [-0.15, -0.1) is 6.58 Å². The van der Waals surface area contributed by atoms with E-state index in [9.17, 15) is 5.11 Å². The standard InChI is InChI=1S/C50H72O8Si/c1-15-32(2)26-27-41-35(5)45(58-50(11,12)57-41)36(6)44(51)43-40-29-42(56-46(40)37(7)47(53-14)48(43)54-31-52-13)34(4)28-33(3)30-55-59(49(8,9)10,38-22-18-16-19-23-38)39-24-20-17-21-25-39/h15-25,29,32-36,41,44-45,51H,1,26-28,30-31H2,2-14H3/t32-,33+,34+,35+,36+,41-,44?,45+/m1/s1. The molecule has 1 aliphatic rings. The first-order chi connectivity index (χ1) is 27.9. The third-order valence-electron chi connectivity index (χ3n) is 12.5. The zero-order valence-corrected chi connectivity index (χ0v) is 39.1. The highest BCUT2D eigenvalue weighted by atomic mass is 28.4. The first kappa shape index (κ1) is 46.6. The molecule has 3 aromatic carbocycles. The van der Waals surface area contributed by atoms with Gasteiger partial charge in [0.25, 0.3) is 8.32 Å². The Morgan fingerprint density at radius 1 is 0.932 bits per heavy atom. The van der Waals surface area contributed by atoms with Gasteiger partial charge in [0.2, 0.25) is 0 Å². The second-order valence-corrected chi connectivity index (χ2v) is 23.0. The lowest BCUT2D eigenvalue weighted by Crippen LogP contribution is -2.66. The van der Waals surface area contributed by atoms with Crippen LogP contribution in [-0.2, 0) is 18.6 Å². The number of benzene rings is 3. The molecule has 8 nitrogen and oxygen atoms in total. The fourth-order valence-corrected chi connectivity index (χ4v) is 14.0. The highest BCUT2D eigenvalue weighted by Crippen LogP contribution is 2.50. The molecule has 1 aliphatic heterocycles. The summed E-state index contributed by atoms with van der Waals surface area (Å²) in [5, 5.41) is 15.8. The van der Waals surface area contributed by atoms with Gasteiger partial charge in [-0.1, -0.05) is 122 Å². The molecule has 1 unspecified atom stereocenters. The van der Waals surface area contributed by atoms with Gasteiger partial charge >= 0.3 is 0 Å². The Morgan fingerprint density at radius 2 is 1.54 bits per heavy atom. The van der Waals surface area contributed by atoms with Crippen molar-refractivity contribution < 1.29 is 37.6 Å². The van der Waals surface area contributed by atoms with Gasteiger partial charge in [-0.25, -0.2) is 0 Å². The van der Waals surface area contributed by atoms with Crippen LogP contribution in [0.25, 0.3) is 11.0 Å². The van der Waals surface area contributed by atoms with E-state index in [-0.39, 0.29) is 47.7 Å². The maximum absolute atomic E-state index is 12.6. The summed E-state index contributed by atoms with van der Waals surface area (Å²) in [7, 11) is 0.511. The molecule has 0 spiro atoms. The summed E-state index contributed by atoms with van der Waals surface area (Å²) in [6.45, 7) is 28.3. The number of aliphatic hydroxyl groups is 1. The van der Waals surface area contributed by atoms with E-state index in [2.05, 4.69) is 122 Å². The predicted octanol–water partition coefficient (Wildman–Crippen LogP) is 10.9. The molecule has 1 fully saturated rings. The molecule has 324 valence electrons. The lowest BCUT2D eigenvalue weighted by atomic mass is 9.80. The van der Waals surface area contributed by atoms with Crippen LogP contribution in [-0.4, -0.2) is 59.0 Å². The third kappa shape index (κ3) is 10.0. The summed E-state index contributed by atoms with van der Waals surface area (Å²) in [6, 6.07) is 23.7. The van der Waals surface area contributed by atoms with Gasteiger partial charge in [0, 0.05) is 48.0 Å². The molecule has 1 aromatic heterocycles. The quantitative estimate of drug-likeness (QED) is 0.0568. The Hall–Kier alpha value is -3.44. The molecule has 1 saturated heterocycles. The van der Waals surface area contributed by atoms with Crippen LogP contribution in [0.15, 0.2) is 83.8 Å². The Bertz CT molecular complexity index is 1910. The van der Waals surface area contributed by atoms with E-state index in [1.54, 1.807) is 14.2 Å². The number of aliphatic hydroxyl groups excluding tert-OH is 1. The van der Waals surface area contributed by atoms with Crippen molar-refractivity contribution in [3.8, 4) is 11.5 Å². The van der Waals surface area contributed by atoms with Crippen molar-refractivity contribution in [2.75, 3.05) is 27.6 Å². The maximum atomic E-state index is 12.6. The minimum absolute atomic E-state index is 0.0138. The van der Waals surface area contributed by atoms with Crippen LogP contribution in [0.1, 0.15) is 117 Å². The van der Waals surface area contributed by atoms with Gasteiger partial charge in [0.15, 0.2) is 24.1 Å². The van der Waals surface area contributed by atoms with Crippen molar-refractivity contribution >= 4 is 29.7 Å². The summed E-state index contributed by atoms with van der Waals surface area (Å²) in [4.78, 5) is 0. The van der Waals surface area contributed by atoms with E-state index in [0.29, 0.717) is 35.2 Å². The zero-order valence-electron chi connectivity index (χ0n) is 38.1. The third-order valence-corrected chi connectivity index (χ3v) is 17.5. The second-order valence-electron chi connectivity index (χ2n) is 18.7. The zero-order chi connectivity index (χ0) is 43.3. The lowest BCUT2D eigenvalue weighted by molar-refractivity contribution is -0.331. The van der Waals surface area contributed by atoms with Crippen molar-refractivity contribution in [2.45, 2.75) is 130 Å². The van der Waals surface area contributed by atoms with Gasteiger partial charge in [0.1, 0.15) is 11.3 Å². The molecule has 2 heterocycles. The van der Waals surface area contributed by atoms with Gasteiger partial charge in [-0.3, -0.25) is 0 Å². The maximum Gasteiger partial charge on any atom is 0.261 e. The first-order valence-corrected chi connectivity index (χ1v) is 23.5. The smallest absolute Gasteiger partial charge is 0.261 e. The summed E-state index contributed by atoms with van der Waals surface area (Å²) in [5.74, 6) is 1.29. The second kappa shape index (κ2) is 19.5. The first-order valence-electron chi connectivity index (χ1n) is 21.6. The molecule has 5 rings (SSSR count). The van der Waals surface area contributed by atoms with Crippen LogP contribution in [0, 0.1) is 30.6 Å². The predicted molar refractivity (Wildman–Crippen MR) is 241 cm³/mol. The van der Waals surface area contributed by atoms with E-state index >= 15 is 0 Å². The monoisotopic (exact) mass is 828 g/mol. The molecule has 8 atom stereocenters. The molecular formula is C50H72O8Si. The topological polar surface area (TPSA) is 88.8 Å². The van der Waals surface area contributed by atoms with Crippen LogP contribution in [0.4, 0.5) is 0 Å². The molecule has 0 aliphatic carbocycles. The Labute approximate surface area is 355 Å². The van der Waals surface area contributed by atoms with E-state index in [1.165, 1.54) is 10.4 Å². The van der Waals surface area contributed by atoms with Crippen LogP contribution in [0.5, 0.6) is 11.5 Å². The summed E-state index contributed by atoms with van der Waals surface area (Å²) in [6.07, 6.45) is 3.32. The SMILES string of the molecule is C=C[C@@H](C)CC[C@H]1OC(C)(C)O[C@H]([C@@H](C)C(O)c2c(OCOC)c(OC)c(C)c3oc([C@@H](C)C[C@H](C)CO[Si](c4ccccc4)(c4ccccc4)C(C)(C)C)cc23)[C@H]1C. The Morgan fingerprint density at radius 3 is 2.08 bits per heavy atom. The number of methoxy groups -OCH3 is 2. The largest absolute Gasteiger partial charge is 0.492 e. The van der Waals surface area contributed by atoms with Gasteiger partial charge in [0.05, 0.1) is 25.4 Å². The van der Waals surface area contributed by atoms with E-state index in [4.69, 9.17) is 32.5 Å². The van der Waals surface area contributed by atoms with Gasteiger partial charge in [-0.05, 0) is 73.3 Å². The fourth-order valence-electron chi connectivity index (χ4n) is 9.31. The molecule has 59 heavy (non-hydrogen) atoms. The van der Waals surface area contributed by atoms with Crippen LogP contribution in [0.2, 0.25) is 5.04 Å². The molecule has 9 heteroatoms. The molecular weight excluding hydrogens is 757 g/mol. The number of hydrogen-bond acceptors (Lipinski definition) is 8. The molecule has 0 amide bonds.